The molecular weight excluding hydrogens is 248 g/mol. The quantitative estimate of drug-likeness (QED) is 0.858. The van der Waals surface area contributed by atoms with Crippen molar-refractivity contribution in [1.82, 2.24) is 4.90 Å². The van der Waals surface area contributed by atoms with Crippen LogP contribution < -0.4 is 5.73 Å². The van der Waals surface area contributed by atoms with E-state index in [0.29, 0.717) is 18.1 Å². The van der Waals surface area contributed by atoms with Gasteiger partial charge in [0, 0.05) is 25.2 Å². The largest absolute Gasteiger partial charge is 0.383 e. The van der Waals surface area contributed by atoms with E-state index in [1.807, 2.05) is 0 Å². The van der Waals surface area contributed by atoms with Crippen molar-refractivity contribution in [2.75, 3.05) is 20.8 Å². The van der Waals surface area contributed by atoms with Crippen molar-refractivity contribution in [1.29, 1.82) is 0 Å². The minimum atomic E-state index is 0.318. The first kappa shape index (κ1) is 17.9. The van der Waals surface area contributed by atoms with Crippen LogP contribution in [0.15, 0.2) is 0 Å². The van der Waals surface area contributed by atoms with Gasteiger partial charge in [0.1, 0.15) is 0 Å². The Morgan fingerprint density at radius 2 is 1.50 bits per heavy atom. The highest BCUT2D eigenvalue weighted by Gasteiger charge is 2.25. The van der Waals surface area contributed by atoms with E-state index >= 15 is 0 Å². The Hall–Kier alpha value is -0.120. The molecule has 0 spiro atoms. The summed E-state index contributed by atoms with van der Waals surface area (Å²) >= 11 is 0. The van der Waals surface area contributed by atoms with Crippen LogP contribution in [0.5, 0.6) is 0 Å². The second-order valence-electron chi connectivity index (χ2n) is 6.61. The fraction of sp³-hybridized carbons (Fsp3) is 1.00. The first-order valence-electron chi connectivity index (χ1n) is 8.63. The van der Waals surface area contributed by atoms with Gasteiger partial charge in [0.2, 0.25) is 0 Å². The third kappa shape index (κ3) is 6.55. The summed E-state index contributed by atoms with van der Waals surface area (Å²) in [4.78, 5) is 2.46. The van der Waals surface area contributed by atoms with Gasteiger partial charge in [-0.2, -0.15) is 0 Å². The monoisotopic (exact) mass is 284 g/mol. The van der Waals surface area contributed by atoms with E-state index in [-0.39, 0.29) is 0 Å². The summed E-state index contributed by atoms with van der Waals surface area (Å²) in [5.74, 6) is 0. The van der Waals surface area contributed by atoms with E-state index in [1.54, 1.807) is 7.11 Å². The minimum Gasteiger partial charge on any atom is -0.383 e. The summed E-state index contributed by atoms with van der Waals surface area (Å²) in [6.45, 7) is 3.03. The van der Waals surface area contributed by atoms with Crippen molar-refractivity contribution in [2.45, 2.75) is 89.3 Å². The van der Waals surface area contributed by atoms with Gasteiger partial charge < -0.3 is 10.5 Å². The average molecular weight is 284 g/mol. The minimum absolute atomic E-state index is 0.318. The van der Waals surface area contributed by atoms with Gasteiger partial charge in [0.25, 0.3) is 0 Å². The second-order valence-corrected chi connectivity index (χ2v) is 6.61. The van der Waals surface area contributed by atoms with Crippen LogP contribution in [-0.4, -0.2) is 43.8 Å². The summed E-state index contributed by atoms with van der Waals surface area (Å²) in [6, 6.07) is 1.28. The number of ether oxygens (including phenoxy) is 1. The number of rotatable bonds is 4. The van der Waals surface area contributed by atoms with Crippen LogP contribution in [-0.2, 0) is 4.74 Å². The second kappa shape index (κ2) is 10.6. The van der Waals surface area contributed by atoms with Crippen molar-refractivity contribution < 1.29 is 4.74 Å². The number of hydrogen-bond donors (Lipinski definition) is 1. The lowest BCUT2D eigenvalue weighted by molar-refractivity contribution is 0.0741. The molecule has 0 heterocycles. The zero-order valence-electron chi connectivity index (χ0n) is 13.9. The van der Waals surface area contributed by atoms with E-state index < -0.39 is 0 Å². The molecule has 2 N–H and O–H groups in total. The van der Waals surface area contributed by atoms with Crippen molar-refractivity contribution >= 4 is 0 Å². The molecule has 0 aromatic heterocycles. The smallest absolute Gasteiger partial charge is 0.0615 e. The Kier molecular flexibility index (Phi) is 9.49. The molecule has 1 fully saturated rings. The highest BCUT2D eigenvalue weighted by atomic mass is 16.5. The molecule has 0 aliphatic heterocycles. The SMILES string of the molecule is COCC(C)N(C)C1CCCCCCCCCCC1N. The first-order valence-corrected chi connectivity index (χ1v) is 8.63. The predicted octanol–water partition coefficient (Wildman–Crippen LogP) is 3.56. The lowest BCUT2D eigenvalue weighted by atomic mass is 9.93. The molecule has 0 saturated heterocycles. The van der Waals surface area contributed by atoms with Gasteiger partial charge in [0.15, 0.2) is 0 Å². The van der Waals surface area contributed by atoms with Crippen LogP contribution in [0.4, 0.5) is 0 Å². The molecule has 0 radical (unpaired) electrons. The van der Waals surface area contributed by atoms with Crippen molar-refractivity contribution in [3.05, 3.63) is 0 Å². The lowest BCUT2D eigenvalue weighted by Gasteiger charge is -2.37. The molecule has 0 aromatic carbocycles. The average Bonchev–Trinajstić information content (AvgIpc) is 2.42. The highest BCUT2D eigenvalue weighted by molar-refractivity contribution is 4.83. The van der Waals surface area contributed by atoms with Crippen LogP contribution >= 0.6 is 0 Å². The van der Waals surface area contributed by atoms with Crippen molar-refractivity contribution in [3.8, 4) is 0 Å². The van der Waals surface area contributed by atoms with Gasteiger partial charge in [-0.3, -0.25) is 4.90 Å². The molecule has 1 aliphatic carbocycles. The Morgan fingerprint density at radius 1 is 1.00 bits per heavy atom. The summed E-state index contributed by atoms with van der Waals surface area (Å²) < 4.78 is 5.31. The molecule has 1 saturated carbocycles. The van der Waals surface area contributed by atoms with Crippen molar-refractivity contribution in [2.24, 2.45) is 5.73 Å². The fourth-order valence-electron chi connectivity index (χ4n) is 3.39. The Labute approximate surface area is 126 Å². The molecule has 1 aliphatic rings. The number of nitrogens with zero attached hydrogens (tertiary/aromatic N) is 1. The normalized spacial score (nSPS) is 28.6. The number of methoxy groups -OCH3 is 1. The third-order valence-corrected chi connectivity index (χ3v) is 4.91. The molecule has 120 valence electrons. The molecular formula is C17H36N2O. The van der Waals surface area contributed by atoms with Gasteiger partial charge in [-0.25, -0.2) is 0 Å². The van der Waals surface area contributed by atoms with E-state index in [2.05, 4.69) is 18.9 Å². The Morgan fingerprint density at radius 3 is 2.05 bits per heavy atom. The summed E-state index contributed by atoms with van der Waals surface area (Å²) in [5, 5.41) is 0. The lowest BCUT2D eigenvalue weighted by Crippen LogP contribution is -2.50. The summed E-state index contributed by atoms with van der Waals surface area (Å²) in [5.41, 5.74) is 6.51. The van der Waals surface area contributed by atoms with Crippen LogP contribution in [0.25, 0.3) is 0 Å². The van der Waals surface area contributed by atoms with E-state index in [1.165, 1.54) is 64.2 Å². The van der Waals surface area contributed by atoms with Gasteiger partial charge in [-0.15, -0.1) is 0 Å². The maximum Gasteiger partial charge on any atom is 0.0615 e. The Bertz CT molecular complexity index is 235. The number of hydrogen-bond acceptors (Lipinski definition) is 3. The molecule has 3 heteroatoms. The number of likely N-dealkylation sites (N-methyl/N-ethyl adjacent to an activating group) is 1. The molecule has 0 amide bonds. The highest BCUT2D eigenvalue weighted by Crippen LogP contribution is 2.20. The van der Waals surface area contributed by atoms with Crippen LogP contribution in [0.2, 0.25) is 0 Å². The van der Waals surface area contributed by atoms with Crippen LogP contribution in [0.3, 0.4) is 0 Å². The van der Waals surface area contributed by atoms with Gasteiger partial charge in [-0.05, 0) is 26.8 Å². The van der Waals surface area contributed by atoms with E-state index in [9.17, 15) is 0 Å². The fourth-order valence-corrected chi connectivity index (χ4v) is 3.39. The van der Waals surface area contributed by atoms with Gasteiger partial charge in [-0.1, -0.05) is 51.4 Å². The van der Waals surface area contributed by atoms with E-state index in [0.717, 1.165) is 6.61 Å². The first-order chi connectivity index (χ1) is 9.66. The molecule has 0 bridgehead atoms. The third-order valence-electron chi connectivity index (χ3n) is 4.91. The van der Waals surface area contributed by atoms with Gasteiger partial charge in [0.05, 0.1) is 6.61 Å². The Balaban J connectivity index is 2.55. The number of nitrogens with two attached hydrogens (primary N) is 1. The van der Waals surface area contributed by atoms with Crippen LogP contribution in [0.1, 0.15) is 71.1 Å². The summed E-state index contributed by atoms with van der Waals surface area (Å²) in [6.07, 6.45) is 13.4. The maximum absolute atomic E-state index is 6.51. The molecule has 20 heavy (non-hydrogen) atoms. The summed E-state index contributed by atoms with van der Waals surface area (Å²) in [7, 11) is 4.01. The van der Waals surface area contributed by atoms with E-state index in [4.69, 9.17) is 10.5 Å². The molecule has 3 atom stereocenters. The van der Waals surface area contributed by atoms with Crippen molar-refractivity contribution in [3.63, 3.8) is 0 Å². The zero-order valence-corrected chi connectivity index (χ0v) is 13.9. The molecule has 3 unspecified atom stereocenters. The standard InChI is InChI=1S/C17H36N2O/c1-15(14-20-3)19(2)17-13-11-9-7-5-4-6-8-10-12-16(17)18/h15-17H,4-14,18H2,1-3H3. The van der Waals surface area contributed by atoms with Gasteiger partial charge >= 0.3 is 0 Å². The molecule has 1 rings (SSSR count). The topological polar surface area (TPSA) is 38.5 Å². The molecule has 0 aromatic rings. The zero-order chi connectivity index (χ0) is 14.8. The van der Waals surface area contributed by atoms with Crippen LogP contribution in [0, 0.1) is 0 Å². The maximum atomic E-state index is 6.51. The predicted molar refractivity (Wildman–Crippen MR) is 87.0 cm³/mol. The molecule has 3 nitrogen and oxygen atoms in total.